The van der Waals surface area contributed by atoms with Crippen molar-refractivity contribution in [1.29, 1.82) is 0 Å². The molecular weight excluding hydrogens is 335 g/mol. The lowest BCUT2D eigenvalue weighted by atomic mass is 10.2. The van der Waals surface area contributed by atoms with Crippen molar-refractivity contribution in [2.24, 2.45) is 0 Å². The molecule has 2 aromatic rings. The highest BCUT2D eigenvalue weighted by Gasteiger charge is 2.15. The minimum atomic E-state index is -0.162. The summed E-state index contributed by atoms with van der Waals surface area (Å²) in [7, 11) is 0. The Labute approximate surface area is 146 Å². The maximum atomic E-state index is 12.1. The number of hydrogen-bond acceptors (Lipinski definition) is 3. The number of carbonyl (C=O) groups excluding carboxylic acids is 1. The zero-order valence-electron chi connectivity index (χ0n) is 12.4. The number of carbonyl (C=O) groups is 1. The highest BCUT2D eigenvalue weighted by atomic mass is 35.5. The highest BCUT2D eigenvalue weighted by molar-refractivity contribution is 6.30. The van der Waals surface area contributed by atoms with Crippen LogP contribution in [0.1, 0.15) is 16.8 Å². The molecule has 0 aromatic heterocycles. The molecule has 3 rings (SSSR count). The summed E-state index contributed by atoms with van der Waals surface area (Å²) in [4.78, 5) is 12.1. The van der Waals surface area contributed by atoms with Crippen LogP contribution in [0.4, 0.5) is 5.69 Å². The van der Waals surface area contributed by atoms with Gasteiger partial charge in [0.25, 0.3) is 5.91 Å². The highest BCUT2D eigenvalue weighted by Crippen LogP contribution is 2.19. The molecule has 0 bridgehead atoms. The van der Waals surface area contributed by atoms with Crippen molar-refractivity contribution in [3.63, 3.8) is 0 Å². The second-order valence-corrected chi connectivity index (χ2v) is 5.65. The zero-order chi connectivity index (χ0) is 15.4. The van der Waals surface area contributed by atoms with Crippen molar-refractivity contribution in [1.82, 2.24) is 5.32 Å². The molecule has 1 saturated heterocycles. The minimum Gasteiger partial charge on any atom is -0.489 e. The van der Waals surface area contributed by atoms with Crippen molar-refractivity contribution >= 4 is 35.6 Å². The number of nitrogens with one attached hydrogen (secondary N) is 2. The molecule has 6 heteroatoms. The SMILES string of the molecule is Cl.O=C(Nc1ccc(OC2CCNC2)cc1)c1ccc(Cl)cc1. The Kier molecular flexibility index (Phi) is 6.28. The first kappa shape index (κ1) is 17.6. The van der Waals surface area contributed by atoms with Gasteiger partial charge >= 0.3 is 0 Å². The van der Waals surface area contributed by atoms with E-state index in [1.54, 1.807) is 24.3 Å². The van der Waals surface area contributed by atoms with Gasteiger partial charge in [-0.3, -0.25) is 4.79 Å². The summed E-state index contributed by atoms with van der Waals surface area (Å²) >= 11 is 5.81. The molecule has 1 atom stereocenters. The van der Waals surface area contributed by atoms with Gasteiger partial charge in [-0.1, -0.05) is 11.6 Å². The van der Waals surface area contributed by atoms with Crippen molar-refractivity contribution in [3.8, 4) is 5.75 Å². The van der Waals surface area contributed by atoms with Gasteiger partial charge in [-0.25, -0.2) is 0 Å². The normalized spacial score (nSPS) is 16.5. The number of rotatable bonds is 4. The number of anilines is 1. The van der Waals surface area contributed by atoms with Gasteiger partial charge in [0.1, 0.15) is 11.9 Å². The van der Waals surface area contributed by atoms with Crippen LogP contribution in [0.2, 0.25) is 5.02 Å². The second kappa shape index (κ2) is 8.20. The molecule has 1 aliphatic rings. The van der Waals surface area contributed by atoms with E-state index in [-0.39, 0.29) is 24.4 Å². The first-order valence-corrected chi connectivity index (χ1v) is 7.63. The van der Waals surface area contributed by atoms with Gasteiger partial charge < -0.3 is 15.4 Å². The molecule has 0 aliphatic carbocycles. The van der Waals surface area contributed by atoms with E-state index in [2.05, 4.69) is 10.6 Å². The summed E-state index contributed by atoms with van der Waals surface area (Å²) in [6.07, 6.45) is 1.25. The first-order valence-electron chi connectivity index (χ1n) is 7.25. The fourth-order valence-corrected chi connectivity index (χ4v) is 2.47. The quantitative estimate of drug-likeness (QED) is 0.880. The van der Waals surface area contributed by atoms with Crippen LogP contribution >= 0.6 is 24.0 Å². The molecule has 1 heterocycles. The fraction of sp³-hybridized carbons (Fsp3) is 0.235. The molecule has 4 nitrogen and oxygen atoms in total. The van der Waals surface area contributed by atoms with Gasteiger partial charge in [-0.2, -0.15) is 0 Å². The number of halogens is 2. The van der Waals surface area contributed by atoms with Crippen LogP contribution in [0.25, 0.3) is 0 Å². The van der Waals surface area contributed by atoms with Crippen LogP contribution in [-0.2, 0) is 0 Å². The van der Waals surface area contributed by atoms with Crippen LogP contribution in [0.5, 0.6) is 5.75 Å². The summed E-state index contributed by atoms with van der Waals surface area (Å²) in [6.45, 7) is 1.88. The third-order valence-corrected chi connectivity index (χ3v) is 3.79. The standard InChI is InChI=1S/C17H17ClN2O2.ClH/c18-13-3-1-12(2-4-13)17(21)20-14-5-7-15(8-6-14)22-16-9-10-19-11-16;/h1-8,16,19H,9-11H2,(H,20,21);1H. The Hall–Kier alpha value is -1.75. The van der Waals surface area contributed by atoms with Gasteiger partial charge in [0.2, 0.25) is 0 Å². The maximum absolute atomic E-state index is 12.1. The lowest BCUT2D eigenvalue weighted by molar-refractivity contribution is 0.102. The van der Waals surface area contributed by atoms with Crippen molar-refractivity contribution in [2.75, 3.05) is 18.4 Å². The monoisotopic (exact) mass is 352 g/mol. The van der Waals surface area contributed by atoms with Crippen molar-refractivity contribution in [3.05, 3.63) is 59.1 Å². The van der Waals surface area contributed by atoms with E-state index in [1.807, 2.05) is 24.3 Å². The van der Waals surface area contributed by atoms with Crippen molar-refractivity contribution < 1.29 is 9.53 Å². The fourth-order valence-electron chi connectivity index (χ4n) is 2.34. The second-order valence-electron chi connectivity index (χ2n) is 5.22. The molecule has 2 N–H and O–H groups in total. The molecule has 0 spiro atoms. The molecule has 1 amide bonds. The zero-order valence-corrected chi connectivity index (χ0v) is 14.0. The molecule has 1 fully saturated rings. The van der Waals surface area contributed by atoms with E-state index < -0.39 is 0 Å². The van der Waals surface area contributed by atoms with E-state index >= 15 is 0 Å². The minimum absolute atomic E-state index is 0. The Morgan fingerprint density at radius 1 is 1.13 bits per heavy atom. The van der Waals surface area contributed by atoms with Crippen LogP contribution < -0.4 is 15.4 Å². The molecular formula is C17H18Cl2N2O2. The molecule has 1 aliphatic heterocycles. The number of amides is 1. The van der Waals surface area contributed by atoms with Crippen LogP contribution in [0, 0.1) is 0 Å². The Morgan fingerprint density at radius 3 is 2.43 bits per heavy atom. The number of hydrogen-bond donors (Lipinski definition) is 2. The molecule has 23 heavy (non-hydrogen) atoms. The van der Waals surface area contributed by atoms with Gasteiger partial charge in [-0.15, -0.1) is 12.4 Å². The largest absolute Gasteiger partial charge is 0.489 e. The topological polar surface area (TPSA) is 50.4 Å². The molecule has 1 unspecified atom stereocenters. The number of benzene rings is 2. The third-order valence-electron chi connectivity index (χ3n) is 3.54. The van der Waals surface area contributed by atoms with Crippen LogP contribution in [0.3, 0.4) is 0 Å². The van der Waals surface area contributed by atoms with Gasteiger partial charge in [0.15, 0.2) is 0 Å². The summed E-state index contributed by atoms with van der Waals surface area (Å²) in [5.41, 5.74) is 1.30. The maximum Gasteiger partial charge on any atom is 0.255 e. The first-order chi connectivity index (χ1) is 10.7. The lowest BCUT2D eigenvalue weighted by Crippen LogP contribution is -2.19. The van der Waals surface area contributed by atoms with Crippen LogP contribution in [0.15, 0.2) is 48.5 Å². The van der Waals surface area contributed by atoms with E-state index in [0.717, 1.165) is 30.9 Å². The third kappa shape index (κ3) is 4.86. The molecule has 0 saturated carbocycles. The van der Waals surface area contributed by atoms with Gasteiger partial charge in [-0.05, 0) is 61.5 Å². The van der Waals surface area contributed by atoms with E-state index in [9.17, 15) is 4.79 Å². The molecule has 2 aromatic carbocycles. The Bertz CT molecular complexity index is 639. The number of ether oxygens (including phenoxy) is 1. The van der Waals surface area contributed by atoms with Crippen molar-refractivity contribution in [2.45, 2.75) is 12.5 Å². The van der Waals surface area contributed by atoms with E-state index in [0.29, 0.717) is 10.6 Å². The summed E-state index contributed by atoms with van der Waals surface area (Å²) < 4.78 is 5.84. The predicted octanol–water partition coefficient (Wildman–Crippen LogP) is 3.75. The molecule has 0 radical (unpaired) electrons. The predicted molar refractivity (Wildman–Crippen MR) is 95.0 cm³/mol. The summed E-state index contributed by atoms with van der Waals surface area (Å²) in [6, 6.07) is 14.2. The smallest absolute Gasteiger partial charge is 0.255 e. The molecule has 122 valence electrons. The average molecular weight is 353 g/mol. The van der Waals surface area contributed by atoms with Gasteiger partial charge in [0.05, 0.1) is 0 Å². The average Bonchev–Trinajstić information content (AvgIpc) is 3.03. The lowest BCUT2D eigenvalue weighted by Gasteiger charge is -2.13. The Balaban J connectivity index is 0.00000192. The van der Waals surface area contributed by atoms with Crippen LogP contribution in [-0.4, -0.2) is 25.1 Å². The van der Waals surface area contributed by atoms with Gasteiger partial charge in [0, 0.05) is 22.8 Å². The summed E-state index contributed by atoms with van der Waals surface area (Å²) in [5, 5.41) is 6.72. The summed E-state index contributed by atoms with van der Waals surface area (Å²) in [5.74, 6) is 0.656. The van der Waals surface area contributed by atoms with E-state index in [1.165, 1.54) is 0 Å². The van der Waals surface area contributed by atoms with E-state index in [4.69, 9.17) is 16.3 Å². The Morgan fingerprint density at radius 2 is 1.83 bits per heavy atom.